The molecule has 3 rings (SSSR count). The molecule has 0 spiro atoms. The smallest absolute Gasteiger partial charge is 0.131 e. The molecule has 1 atom stereocenters. The molecule has 1 aromatic carbocycles. The minimum Gasteiger partial charge on any atom is -0.383 e. The monoisotopic (exact) mass is 255 g/mol. The normalized spacial score (nSPS) is 18.4. The van der Waals surface area contributed by atoms with Gasteiger partial charge < -0.3 is 10.3 Å². The number of aryl methyl sites for hydroxylation is 2. The molecule has 0 saturated carbocycles. The summed E-state index contributed by atoms with van der Waals surface area (Å²) in [5.74, 6) is 2.68. The summed E-state index contributed by atoms with van der Waals surface area (Å²) in [5.41, 5.74) is 11.0. The maximum absolute atomic E-state index is 6.29. The van der Waals surface area contributed by atoms with Gasteiger partial charge in [0.1, 0.15) is 17.3 Å². The van der Waals surface area contributed by atoms with Gasteiger partial charge in [-0.15, -0.1) is 0 Å². The molecule has 3 nitrogen and oxygen atoms in total. The first-order valence-electron chi connectivity index (χ1n) is 6.98. The van der Waals surface area contributed by atoms with E-state index >= 15 is 0 Å². The van der Waals surface area contributed by atoms with Crippen molar-refractivity contribution in [3.8, 4) is 11.3 Å². The molecule has 0 amide bonds. The molecule has 100 valence electrons. The van der Waals surface area contributed by atoms with E-state index in [2.05, 4.69) is 43.5 Å². The van der Waals surface area contributed by atoms with Crippen molar-refractivity contribution < 1.29 is 0 Å². The van der Waals surface area contributed by atoms with Crippen LogP contribution in [0.4, 0.5) is 5.82 Å². The van der Waals surface area contributed by atoms with Gasteiger partial charge in [0.2, 0.25) is 0 Å². The fraction of sp³-hybridized carbons (Fsp3) is 0.438. The minimum atomic E-state index is 0.710. The minimum absolute atomic E-state index is 0.710. The molecule has 1 aliphatic heterocycles. The van der Waals surface area contributed by atoms with Gasteiger partial charge in [0.15, 0.2) is 0 Å². The summed E-state index contributed by atoms with van der Waals surface area (Å²) in [7, 11) is 0. The Balaban J connectivity index is 2.08. The van der Waals surface area contributed by atoms with Crippen molar-refractivity contribution in [3.63, 3.8) is 0 Å². The van der Waals surface area contributed by atoms with Crippen LogP contribution in [-0.2, 0) is 13.0 Å². The topological polar surface area (TPSA) is 43.8 Å². The maximum atomic E-state index is 6.29. The van der Waals surface area contributed by atoms with Crippen molar-refractivity contribution in [3.05, 3.63) is 35.2 Å². The lowest BCUT2D eigenvalue weighted by molar-refractivity contribution is 0.412. The molecule has 19 heavy (non-hydrogen) atoms. The summed E-state index contributed by atoms with van der Waals surface area (Å²) in [4.78, 5) is 4.78. The Bertz CT molecular complexity index is 625. The first kappa shape index (κ1) is 12.3. The second-order valence-corrected chi connectivity index (χ2v) is 5.81. The van der Waals surface area contributed by atoms with Gasteiger partial charge in [0, 0.05) is 18.5 Å². The molecule has 3 heteroatoms. The molecule has 0 bridgehead atoms. The summed E-state index contributed by atoms with van der Waals surface area (Å²) >= 11 is 0. The molecule has 1 aromatic heterocycles. The lowest BCUT2D eigenvalue weighted by Gasteiger charge is -2.20. The van der Waals surface area contributed by atoms with E-state index in [1.54, 1.807) is 0 Å². The molecule has 0 radical (unpaired) electrons. The Morgan fingerprint density at radius 1 is 1.26 bits per heavy atom. The summed E-state index contributed by atoms with van der Waals surface area (Å²) in [6.45, 7) is 7.54. The molecule has 2 N–H and O–H groups in total. The average molecular weight is 255 g/mol. The van der Waals surface area contributed by atoms with Crippen LogP contribution in [0.15, 0.2) is 18.2 Å². The quantitative estimate of drug-likeness (QED) is 0.849. The van der Waals surface area contributed by atoms with Crippen molar-refractivity contribution in [1.29, 1.82) is 0 Å². The summed E-state index contributed by atoms with van der Waals surface area (Å²) in [5, 5.41) is 0. The predicted octanol–water partition coefficient (Wildman–Crippen LogP) is 3.33. The Morgan fingerprint density at radius 3 is 2.79 bits per heavy atom. The van der Waals surface area contributed by atoms with Gasteiger partial charge in [-0.1, -0.05) is 19.1 Å². The highest BCUT2D eigenvalue weighted by Gasteiger charge is 2.22. The van der Waals surface area contributed by atoms with E-state index in [4.69, 9.17) is 10.7 Å². The van der Waals surface area contributed by atoms with Gasteiger partial charge in [0.25, 0.3) is 0 Å². The number of imidazole rings is 1. The zero-order valence-electron chi connectivity index (χ0n) is 11.9. The van der Waals surface area contributed by atoms with Crippen LogP contribution in [0.25, 0.3) is 11.3 Å². The number of hydrogen-bond donors (Lipinski definition) is 1. The highest BCUT2D eigenvalue weighted by Crippen LogP contribution is 2.31. The van der Waals surface area contributed by atoms with E-state index in [9.17, 15) is 0 Å². The van der Waals surface area contributed by atoms with E-state index in [0.717, 1.165) is 35.9 Å². The van der Waals surface area contributed by atoms with Crippen molar-refractivity contribution in [2.45, 2.75) is 40.2 Å². The highest BCUT2D eigenvalue weighted by molar-refractivity contribution is 5.72. The van der Waals surface area contributed by atoms with Crippen LogP contribution in [0.1, 0.15) is 30.3 Å². The summed E-state index contributed by atoms with van der Waals surface area (Å²) in [6.07, 6.45) is 2.23. The van der Waals surface area contributed by atoms with Gasteiger partial charge in [0.05, 0.1) is 0 Å². The molecule has 1 aliphatic rings. The lowest BCUT2D eigenvalue weighted by Crippen LogP contribution is -2.18. The highest BCUT2D eigenvalue weighted by atomic mass is 15.1. The third-order valence-corrected chi connectivity index (χ3v) is 4.24. The number of benzene rings is 1. The van der Waals surface area contributed by atoms with Crippen LogP contribution in [0.3, 0.4) is 0 Å². The number of hydrogen-bond acceptors (Lipinski definition) is 2. The van der Waals surface area contributed by atoms with Gasteiger partial charge in [-0.25, -0.2) is 4.98 Å². The third-order valence-electron chi connectivity index (χ3n) is 4.24. The first-order valence-corrected chi connectivity index (χ1v) is 6.98. The largest absolute Gasteiger partial charge is 0.383 e. The average Bonchev–Trinajstić information content (AvgIpc) is 2.70. The number of nitrogens with two attached hydrogens (primary N) is 1. The van der Waals surface area contributed by atoms with Crippen LogP contribution in [0, 0.1) is 19.8 Å². The van der Waals surface area contributed by atoms with Gasteiger partial charge in [-0.05, 0) is 43.4 Å². The fourth-order valence-electron chi connectivity index (χ4n) is 2.78. The molecule has 1 unspecified atom stereocenters. The number of aromatic nitrogens is 2. The van der Waals surface area contributed by atoms with Crippen LogP contribution in [0.5, 0.6) is 0 Å². The lowest BCUT2D eigenvalue weighted by atomic mass is 10.0. The molecule has 0 saturated heterocycles. The number of nitrogen functional groups attached to an aromatic ring is 1. The zero-order valence-corrected chi connectivity index (χ0v) is 11.9. The molecular formula is C16H21N3. The third kappa shape index (κ3) is 2.03. The van der Waals surface area contributed by atoms with Crippen molar-refractivity contribution in [1.82, 2.24) is 9.55 Å². The van der Waals surface area contributed by atoms with Crippen molar-refractivity contribution >= 4 is 5.82 Å². The van der Waals surface area contributed by atoms with E-state index in [1.165, 1.54) is 17.5 Å². The molecule has 2 aromatic rings. The Morgan fingerprint density at radius 2 is 2.05 bits per heavy atom. The maximum Gasteiger partial charge on any atom is 0.131 e. The van der Waals surface area contributed by atoms with Crippen LogP contribution >= 0.6 is 0 Å². The number of nitrogens with zero attached hydrogens (tertiary/aromatic N) is 2. The van der Waals surface area contributed by atoms with Crippen LogP contribution < -0.4 is 5.73 Å². The van der Waals surface area contributed by atoms with Crippen molar-refractivity contribution in [2.24, 2.45) is 5.92 Å². The van der Waals surface area contributed by atoms with Crippen LogP contribution in [0.2, 0.25) is 0 Å². The number of anilines is 1. The van der Waals surface area contributed by atoms with E-state index < -0.39 is 0 Å². The van der Waals surface area contributed by atoms with Gasteiger partial charge in [-0.3, -0.25) is 0 Å². The number of fused-ring (bicyclic) bond motifs is 1. The van der Waals surface area contributed by atoms with E-state index in [-0.39, 0.29) is 0 Å². The van der Waals surface area contributed by atoms with E-state index in [0.29, 0.717) is 5.92 Å². The number of rotatable bonds is 1. The predicted molar refractivity (Wildman–Crippen MR) is 79.0 cm³/mol. The molecule has 2 heterocycles. The Kier molecular flexibility index (Phi) is 2.85. The first-order chi connectivity index (χ1) is 9.06. The van der Waals surface area contributed by atoms with Gasteiger partial charge in [-0.2, -0.15) is 0 Å². The summed E-state index contributed by atoms with van der Waals surface area (Å²) < 4.78 is 2.19. The summed E-state index contributed by atoms with van der Waals surface area (Å²) in [6, 6.07) is 6.45. The van der Waals surface area contributed by atoms with Crippen molar-refractivity contribution in [2.75, 3.05) is 5.73 Å². The molecular weight excluding hydrogens is 234 g/mol. The Labute approximate surface area is 114 Å². The second-order valence-electron chi connectivity index (χ2n) is 5.81. The fourth-order valence-corrected chi connectivity index (χ4v) is 2.78. The second kappa shape index (κ2) is 4.41. The Hall–Kier alpha value is -1.77. The van der Waals surface area contributed by atoms with E-state index in [1.807, 2.05) is 0 Å². The molecule has 0 fully saturated rings. The SMILES string of the molecule is Cc1ccc(-c2nc3n(c2N)CCC(C)C3)cc1C. The zero-order chi connectivity index (χ0) is 13.6. The molecule has 0 aliphatic carbocycles. The van der Waals surface area contributed by atoms with Crippen LogP contribution in [-0.4, -0.2) is 9.55 Å². The standard InChI is InChI=1S/C16H21N3/c1-10-6-7-19-14(8-10)18-15(16(19)17)13-5-4-11(2)12(3)9-13/h4-5,9-10H,6-8,17H2,1-3H3. The van der Waals surface area contributed by atoms with Gasteiger partial charge >= 0.3 is 0 Å².